The Labute approximate surface area is 92.5 Å². The largest absolute Gasteiger partial charge is 0.330 e. The van der Waals surface area contributed by atoms with Crippen molar-refractivity contribution in [3.05, 3.63) is 34.3 Å². The number of rotatable bonds is 2. The molecule has 0 unspecified atom stereocenters. The van der Waals surface area contributed by atoms with Gasteiger partial charge in [0, 0.05) is 4.47 Å². The number of halogens is 2. The molecule has 0 aromatic heterocycles. The molecule has 0 amide bonds. The van der Waals surface area contributed by atoms with E-state index >= 15 is 0 Å². The molecule has 0 heterocycles. The molecule has 2 N–H and O–H groups in total. The second kappa shape index (κ2) is 5.97. The lowest BCUT2D eigenvalue weighted by Gasteiger charge is -1.97. The number of nitrogens with two attached hydrogens (primary N) is 1. The number of benzene rings is 1. The lowest BCUT2D eigenvalue weighted by molar-refractivity contribution is 0.968. The number of hydrogen-bond donors (Lipinski definition) is 1. The molecule has 3 heteroatoms. The first-order chi connectivity index (χ1) is 4.83. The van der Waals surface area contributed by atoms with E-state index in [0.717, 1.165) is 17.4 Å². The van der Waals surface area contributed by atoms with E-state index in [0.29, 0.717) is 0 Å². The second-order valence-electron chi connectivity index (χ2n) is 2.17. The van der Waals surface area contributed by atoms with E-state index in [1.807, 2.05) is 12.1 Å². The molecule has 0 aliphatic carbocycles. The molecule has 1 aromatic carbocycles. The lowest BCUT2D eigenvalue weighted by Crippen LogP contribution is -2.02. The molecule has 0 fully saturated rings. The van der Waals surface area contributed by atoms with Crippen LogP contribution in [0.5, 0.6) is 0 Å². The molecule has 62 valence electrons. The standard InChI is InChI=1S/C8H10BrN.HI/c9-8-3-1-2-7(6-8)4-5-10;/h1-3,6H,4-5,10H2;1H. The first-order valence-electron chi connectivity index (χ1n) is 3.27. The average molecular weight is 328 g/mol. The van der Waals surface area contributed by atoms with E-state index in [4.69, 9.17) is 5.73 Å². The van der Waals surface area contributed by atoms with Crippen LogP contribution >= 0.6 is 39.9 Å². The highest BCUT2D eigenvalue weighted by atomic mass is 127. The zero-order valence-electron chi connectivity index (χ0n) is 6.09. The van der Waals surface area contributed by atoms with Gasteiger partial charge < -0.3 is 5.73 Å². The van der Waals surface area contributed by atoms with Crippen molar-refractivity contribution in [2.75, 3.05) is 6.54 Å². The van der Waals surface area contributed by atoms with E-state index in [1.54, 1.807) is 0 Å². The molecule has 1 aromatic rings. The Morgan fingerprint density at radius 1 is 1.36 bits per heavy atom. The molecule has 11 heavy (non-hydrogen) atoms. The first-order valence-corrected chi connectivity index (χ1v) is 4.07. The van der Waals surface area contributed by atoms with Crippen LogP contribution in [0.3, 0.4) is 0 Å². The van der Waals surface area contributed by atoms with Crippen molar-refractivity contribution < 1.29 is 0 Å². The SMILES string of the molecule is I.NCCc1cccc(Br)c1. The summed E-state index contributed by atoms with van der Waals surface area (Å²) in [5.74, 6) is 0. The molecule has 1 rings (SSSR count). The molecule has 0 aliphatic heterocycles. The van der Waals surface area contributed by atoms with Crippen molar-refractivity contribution in [2.45, 2.75) is 6.42 Å². The van der Waals surface area contributed by atoms with Gasteiger partial charge in [0.15, 0.2) is 0 Å². The van der Waals surface area contributed by atoms with Crippen molar-refractivity contribution in [1.82, 2.24) is 0 Å². The fourth-order valence-corrected chi connectivity index (χ4v) is 1.31. The molecular formula is C8H11BrIN. The van der Waals surface area contributed by atoms with Crippen molar-refractivity contribution >= 4 is 39.9 Å². The Hall–Kier alpha value is 0.390. The van der Waals surface area contributed by atoms with Gasteiger partial charge in [-0.2, -0.15) is 0 Å². The van der Waals surface area contributed by atoms with Gasteiger partial charge in [-0.15, -0.1) is 24.0 Å². The van der Waals surface area contributed by atoms with Crippen molar-refractivity contribution in [3.8, 4) is 0 Å². The van der Waals surface area contributed by atoms with Gasteiger partial charge in [0.05, 0.1) is 0 Å². The van der Waals surface area contributed by atoms with Crippen LogP contribution in [0, 0.1) is 0 Å². The molecule has 0 atom stereocenters. The van der Waals surface area contributed by atoms with E-state index in [1.165, 1.54) is 5.56 Å². The zero-order chi connectivity index (χ0) is 7.40. The molecular weight excluding hydrogens is 317 g/mol. The fraction of sp³-hybridized carbons (Fsp3) is 0.250. The van der Waals surface area contributed by atoms with Gasteiger partial charge in [0.25, 0.3) is 0 Å². The van der Waals surface area contributed by atoms with Crippen LogP contribution in [0.25, 0.3) is 0 Å². The van der Waals surface area contributed by atoms with E-state index in [2.05, 4.69) is 28.1 Å². The normalized spacial score (nSPS) is 8.91. The van der Waals surface area contributed by atoms with Crippen molar-refractivity contribution in [1.29, 1.82) is 0 Å². The smallest absolute Gasteiger partial charge is 0.0178 e. The van der Waals surface area contributed by atoms with Crippen molar-refractivity contribution in [3.63, 3.8) is 0 Å². The maximum atomic E-state index is 5.40. The summed E-state index contributed by atoms with van der Waals surface area (Å²) in [7, 11) is 0. The first kappa shape index (κ1) is 11.4. The van der Waals surface area contributed by atoms with Crippen LogP contribution in [0.4, 0.5) is 0 Å². The van der Waals surface area contributed by atoms with Gasteiger partial charge in [-0.25, -0.2) is 0 Å². The molecule has 0 radical (unpaired) electrons. The highest BCUT2D eigenvalue weighted by Crippen LogP contribution is 2.11. The van der Waals surface area contributed by atoms with Crippen LogP contribution < -0.4 is 5.73 Å². The lowest BCUT2D eigenvalue weighted by atomic mass is 10.2. The molecule has 0 spiro atoms. The summed E-state index contributed by atoms with van der Waals surface area (Å²) in [6, 6.07) is 8.21. The van der Waals surface area contributed by atoms with Crippen LogP contribution in [-0.2, 0) is 6.42 Å². The van der Waals surface area contributed by atoms with Crippen LogP contribution in [-0.4, -0.2) is 6.54 Å². The Balaban J connectivity index is 0.000001000. The minimum atomic E-state index is 0. The van der Waals surface area contributed by atoms with Gasteiger partial charge in [-0.3, -0.25) is 0 Å². The zero-order valence-corrected chi connectivity index (χ0v) is 10.0. The van der Waals surface area contributed by atoms with Gasteiger partial charge in [0.1, 0.15) is 0 Å². The van der Waals surface area contributed by atoms with Crippen LogP contribution in [0.2, 0.25) is 0 Å². The summed E-state index contributed by atoms with van der Waals surface area (Å²) >= 11 is 3.39. The van der Waals surface area contributed by atoms with Gasteiger partial charge in [0.2, 0.25) is 0 Å². The monoisotopic (exact) mass is 327 g/mol. The van der Waals surface area contributed by atoms with E-state index in [9.17, 15) is 0 Å². The third-order valence-electron chi connectivity index (χ3n) is 1.32. The fourth-order valence-electron chi connectivity index (χ4n) is 0.859. The highest BCUT2D eigenvalue weighted by molar-refractivity contribution is 14.0. The predicted octanol–water partition coefficient (Wildman–Crippen LogP) is 2.57. The quantitative estimate of drug-likeness (QED) is 0.830. The Morgan fingerprint density at radius 2 is 2.09 bits per heavy atom. The summed E-state index contributed by atoms with van der Waals surface area (Å²) in [6.07, 6.45) is 0.958. The molecule has 1 nitrogen and oxygen atoms in total. The molecule has 0 aliphatic rings. The van der Waals surface area contributed by atoms with Crippen molar-refractivity contribution in [2.24, 2.45) is 5.73 Å². The Kier molecular flexibility index (Phi) is 6.18. The Bertz CT molecular complexity index is 215. The third-order valence-corrected chi connectivity index (χ3v) is 1.82. The predicted molar refractivity (Wildman–Crippen MR) is 62.3 cm³/mol. The molecule has 0 bridgehead atoms. The summed E-state index contributed by atoms with van der Waals surface area (Å²) in [4.78, 5) is 0. The van der Waals surface area contributed by atoms with Gasteiger partial charge in [-0.1, -0.05) is 28.1 Å². The maximum Gasteiger partial charge on any atom is 0.0178 e. The average Bonchev–Trinajstić information content (AvgIpc) is 1.88. The van der Waals surface area contributed by atoms with Gasteiger partial charge in [-0.05, 0) is 30.7 Å². The summed E-state index contributed by atoms with van der Waals surface area (Å²) in [6.45, 7) is 0.719. The Morgan fingerprint density at radius 3 is 2.64 bits per heavy atom. The topological polar surface area (TPSA) is 26.0 Å². The summed E-state index contributed by atoms with van der Waals surface area (Å²) in [5.41, 5.74) is 6.68. The summed E-state index contributed by atoms with van der Waals surface area (Å²) < 4.78 is 1.12. The van der Waals surface area contributed by atoms with Gasteiger partial charge >= 0.3 is 0 Å². The maximum absolute atomic E-state index is 5.40. The van der Waals surface area contributed by atoms with Crippen LogP contribution in [0.1, 0.15) is 5.56 Å². The van der Waals surface area contributed by atoms with E-state index < -0.39 is 0 Å². The summed E-state index contributed by atoms with van der Waals surface area (Å²) in [5, 5.41) is 0. The number of hydrogen-bond acceptors (Lipinski definition) is 1. The minimum Gasteiger partial charge on any atom is -0.330 e. The second-order valence-corrected chi connectivity index (χ2v) is 3.08. The molecule has 0 saturated carbocycles. The third kappa shape index (κ3) is 4.08. The van der Waals surface area contributed by atoms with E-state index in [-0.39, 0.29) is 24.0 Å². The van der Waals surface area contributed by atoms with Crippen LogP contribution in [0.15, 0.2) is 28.7 Å². The molecule has 0 saturated heterocycles. The highest BCUT2D eigenvalue weighted by Gasteiger charge is 1.90. The minimum absolute atomic E-state index is 0.